The van der Waals surface area contributed by atoms with E-state index in [-0.39, 0.29) is 0 Å². The van der Waals surface area contributed by atoms with Crippen molar-refractivity contribution in [2.45, 2.75) is 13.3 Å². The molecule has 1 aromatic heterocycles. The van der Waals surface area contributed by atoms with Crippen molar-refractivity contribution < 1.29 is 0 Å². The van der Waals surface area contributed by atoms with Gasteiger partial charge in [0.05, 0.1) is 15.7 Å². The number of nitrogens with zero attached hydrogens (tertiary/aromatic N) is 1. The number of nitrogens with one attached hydrogen (secondary N) is 1. The minimum atomic E-state index is 0.586. The Hall–Kier alpha value is -1.000. The van der Waals surface area contributed by atoms with Crippen LogP contribution < -0.4 is 0 Å². The van der Waals surface area contributed by atoms with E-state index in [0.717, 1.165) is 32.8 Å². The number of halogens is 4. The molecule has 6 heteroatoms. The Bertz CT molecular complexity index is 874. The molecule has 0 radical (unpaired) electrons. The average molecular weight is 431 g/mol. The number of hydrogen-bond acceptors (Lipinski definition) is 1. The zero-order valence-corrected chi connectivity index (χ0v) is 16.0. The van der Waals surface area contributed by atoms with E-state index in [4.69, 9.17) is 34.8 Å². The number of aromatic amines is 1. The molecule has 1 N–H and O–H groups in total. The molecule has 0 spiro atoms. The lowest BCUT2D eigenvalue weighted by Gasteiger charge is -2.04. The minimum absolute atomic E-state index is 0.586. The lowest BCUT2D eigenvalue weighted by Crippen LogP contribution is -1.92. The lowest BCUT2D eigenvalue weighted by molar-refractivity contribution is 1.01. The Morgan fingerprint density at radius 3 is 2.61 bits per heavy atom. The summed E-state index contributed by atoms with van der Waals surface area (Å²) in [5, 5.41) is 1.88. The SMILES string of the molecule is Cc1[nH]c(Cc2cccc(Cl)c2Br)nc1-c1ccc(Cl)cc1Cl. The van der Waals surface area contributed by atoms with Crippen molar-refractivity contribution in [3.05, 3.63) is 73.0 Å². The van der Waals surface area contributed by atoms with Crippen LogP contribution in [0.2, 0.25) is 15.1 Å². The smallest absolute Gasteiger partial charge is 0.111 e. The van der Waals surface area contributed by atoms with Gasteiger partial charge in [0.2, 0.25) is 0 Å². The standard InChI is InChI=1S/C17H12BrCl3N2/c1-9-17(12-6-5-11(19)8-14(12)21)23-15(22-9)7-10-3-2-4-13(20)16(10)18/h2-6,8H,7H2,1H3,(H,22,23). The Kier molecular flexibility index (Phi) is 5.02. The Labute approximate surface area is 157 Å². The van der Waals surface area contributed by atoms with E-state index >= 15 is 0 Å². The maximum absolute atomic E-state index is 6.29. The average Bonchev–Trinajstić information content (AvgIpc) is 2.84. The summed E-state index contributed by atoms with van der Waals surface area (Å²) in [5.41, 5.74) is 3.73. The van der Waals surface area contributed by atoms with Crippen molar-refractivity contribution in [3.63, 3.8) is 0 Å². The Morgan fingerprint density at radius 1 is 1.09 bits per heavy atom. The van der Waals surface area contributed by atoms with Gasteiger partial charge in [-0.25, -0.2) is 4.98 Å². The Morgan fingerprint density at radius 2 is 1.87 bits per heavy atom. The third kappa shape index (κ3) is 3.58. The second kappa shape index (κ2) is 6.86. The van der Waals surface area contributed by atoms with Crippen LogP contribution >= 0.6 is 50.7 Å². The molecule has 0 fully saturated rings. The molecule has 2 aromatic carbocycles. The van der Waals surface area contributed by atoms with Crippen molar-refractivity contribution in [1.82, 2.24) is 9.97 Å². The summed E-state index contributed by atoms with van der Waals surface area (Å²) in [7, 11) is 0. The van der Waals surface area contributed by atoms with E-state index in [1.54, 1.807) is 6.07 Å². The highest BCUT2D eigenvalue weighted by molar-refractivity contribution is 9.10. The van der Waals surface area contributed by atoms with E-state index in [1.807, 2.05) is 37.3 Å². The molecule has 0 saturated carbocycles. The van der Waals surface area contributed by atoms with Gasteiger partial charge in [-0.1, -0.05) is 46.9 Å². The Balaban J connectivity index is 1.96. The van der Waals surface area contributed by atoms with Gasteiger partial charge in [0.15, 0.2) is 0 Å². The molecule has 0 unspecified atom stereocenters. The highest BCUT2D eigenvalue weighted by Gasteiger charge is 2.14. The number of hydrogen-bond donors (Lipinski definition) is 1. The summed E-state index contributed by atoms with van der Waals surface area (Å²) in [6.07, 6.45) is 0.646. The van der Waals surface area contributed by atoms with Crippen LogP contribution in [0.1, 0.15) is 17.1 Å². The summed E-state index contributed by atoms with van der Waals surface area (Å²) < 4.78 is 0.891. The van der Waals surface area contributed by atoms with Gasteiger partial charge in [0, 0.05) is 27.2 Å². The van der Waals surface area contributed by atoms with Crippen molar-refractivity contribution in [2.24, 2.45) is 0 Å². The second-order valence-corrected chi connectivity index (χ2v) is 7.21. The molecule has 0 aliphatic heterocycles. The van der Waals surface area contributed by atoms with Crippen molar-refractivity contribution in [1.29, 1.82) is 0 Å². The fourth-order valence-electron chi connectivity index (χ4n) is 2.42. The largest absolute Gasteiger partial charge is 0.345 e. The van der Waals surface area contributed by atoms with E-state index < -0.39 is 0 Å². The molecule has 0 bridgehead atoms. The molecule has 2 nitrogen and oxygen atoms in total. The number of H-pyrrole nitrogens is 1. The molecule has 0 saturated heterocycles. The van der Waals surface area contributed by atoms with Gasteiger partial charge in [0.25, 0.3) is 0 Å². The van der Waals surface area contributed by atoms with E-state index in [0.29, 0.717) is 21.5 Å². The summed E-state index contributed by atoms with van der Waals surface area (Å²) >= 11 is 21.9. The van der Waals surface area contributed by atoms with Crippen molar-refractivity contribution in [3.8, 4) is 11.3 Å². The van der Waals surface area contributed by atoms with Crippen LogP contribution in [0.15, 0.2) is 40.9 Å². The molecule has 3 aromatic rings. The minimum Gasteiger partial charge on any atom is -0.345 e. The highest BCUT2D eigenvalue weighted by Crippen LogP contribution is 2.32. The second-order valence-electron chi connectivity index (χ2n) is 5.17. The van der Waals surface area contributed by atoms with Gasteiger partial charge in [-0.3, -0.25) is 0 Å². The third-order valence-corrected chi connectivity index (χ3v) is 5.54. The predicted molar refractivity (Wildman–Crippen MR) is 101 cm³/mol. The lowest BCUT2D eigenvalue weighted by atomic mass is 10.1. The van der Waals surface area contributed by atoms with Crippen LogP contribution in [-0.4, -0.2) is 9.97 Å². The van der Waals surface area contributed by atoms with E-state index in [9.17, 15) is 0 Å². The first-order valence-electron chi connectivity index (χ1n) is 6.89. The zero-order chi connectivity index (χ0) is 16.6. The van der Waals surface area contributed by atoms with Gasteiger partial charge in [-0.15, -0.1) is 0 Å². The number of imidazole rings is 1. The first-order chi connectivity index (χ1) is 11.0. The van der Waals surface area contributed by atoms with Crippen LogP contribution in [0.25, 0.3) is 11.3 Å². The zero-order valence-electron chi connectivity index (χ0n) is 12.1. The topological polar surface area (TPSA) is 28.7 Å². The quantitative estimate of drug-likeness (QED) is 0.492. The fourth-order valence-corrected chi connectivity index (χ4v) is 3.51. The molecule has 1 heterocycles. The molecule has 118 valence electrons. The van der Waals surface area contributed by atoms with E-state index in [1.165, 1.54) is 0 Å². The van der Waals surface area contributed by atoms with Gasteiger partial charge in [0.1, 0.15) is 5.82 Å². The van der Waals surface area contributed by atoms with Gasteiger partial charge in [-0.2, -0.15) is 0 Å². The fraction of sp³-hybridized carbons (Fsp3) is 0.118. The predicted octanol–water partition coefficient (Wildman–Crippen LogP) is 6.70. The first kappa shape index (κ1) is 16.8. The molecular weight excluding hydrogens is 418 g/mol. The van der Waals surface area contributed by atoms with E-state index in [2.05, 4.69) is 25.9 Å². The molecule has 0 aliphatic rings. The summed E-state index contributed by atoms with van der Waals surface area (Å²) in [5.74, 6) is 0.853. The van der Waals surface area contributed by atoms with Gasteiger partial charge < -0.3 is 4.98 Å². The maximum Gasteiger partial charge on any atom is 0.111 e. The molecule has 0 atom stereocenters. The molecule has 0 amide bonds. The van der Waals surface area contributed by atoms with Crippen LogP contribution in [0.3, 0.4) is 0 Å². The third-order valence-electron chi connectivity index (χ3n) is 3.51. The number of aromatic nitrogens is 2. The van der Waals surface area contributed by atoms with Crippen LogP contribution in [-0.2, 0) is 6.42 Å². The number of rotatable bonds is 3. The van der Waals surface area contributed by atoms with Crippen LogP contribution in [0.4, 0.5) is 0 Å². The molecule has 23 heavy (non-hydrogen) atoms. The van der Waals surface area contributed by atoms with Crippen LogP contribution in [0, 0.1) is 6.92 Å². The van der Waals surface area contributed by atoms with Gasteiger partial charge >= 0.3 is 0 Å². The highest BCUT2D eigenvalue weighted by atomic mass is 79.9. The molecular formula is C17H12BrCl3N2. The monoisotopic (exact) mass is 428 g/mol. The number of benzene rings is 2. The first-order valence-corrected chi connectivity index (χ1v) is 8.82. The normalized spacial score (nSPS) is 11.0. The number of aryl methyl sites for hydroxylation is 1. The molecule has 0 aliphatic carbocycles. The maximum atomic E-state index is 6.29. The van der Waals surface area contributed by atoms with Gasteiger partial charge in [-0.05, 0) is 52.7 Å². The van der Waals surface area contributed by atoms with Crippen LogP contribution in [0.5, 0.6) is 0 Å². The summed E-state index contributed by atoms with van der Waals surface area (Å²) in [6.45, 7) is 1.98. The summed E-state index contributed by atoms with van der Waals surface area (Å²) in [4.78, 5) is 8.00. The van der Waals surface area contributed by atoms with Crippen molar-refractivity contribution >= 4 is 50.7 Å². The summed E-state index contributed by atoms with van der Waals surface area (Å²) in [6, 6.07) is 11.2. The molecule has 3 rings (SSSR count). The van der Waals surface area contributed by atoms with Crippen molar-refractivity contribution in [2.75, 3.05) is 0 Å².